The number of carboxylic acid groups (broad SMARTS) is 1. The van der Waals surface area contributed by atoms with E-state index in [-0.39, 0.29) is 24.2 Å². The summed E-state index contributed by atoms with van der Waals surface area (Å²) in [5.74, 6) is -0.801. The normalized spacial score (nSPS) is 20.8. The second kappa shape index (κ2) is 10.4. The molecule has 2 amide bonds. The van der Waals surface area contributed by atoms with Gasteiger partial charge in [0, 0.05) is 48.4 Å². The molecule has 2 saturated heterocycles. The van der Waals surface area contributed by atoms with Crippen molar-refractivity contribution >= 4 is 34.2 Å². The first kappa shape index (κ1) is 23.9. The second-order valence-corrected chi connectivity index (χ2v) is 9.85. The third-order valence-corrected chi connectivity index (χ3v) is 7.43. The van der Waals surface area contributed by atoms with Gasteiger partial charge in [0.1, 0.15) is 0 Å². The SMILES string of the molecule is O=C(O)CC1CC2CC[C@H](C1)N2c1ccc(C(=O)NCCNC(=O)c2ccc3ccccc3c2)cc1. The van der Waals surface area contributed by atoms with Crippen LogP contribution in [0.15, 0.2) is 66.7 Å². The van der Waals surface area contributed by atoms with Crippen LogP contribution in [0.2, 0.25) is 0 Å². The molecule has 2 fully saturated rings. The minimum atomic E-state index is -0.712. The van der Waals surface area contributed by atoms with Gasteiger partial charge in [-0.3, -0.25) is 14.4 Å². The van der Waals surface area contributed by atoms with Crippen molar-refractivity contribution in [2.75, 3.05) is 18.0 Å². The van der Waals surface area contributed by atoms with E-state index < -0.39 is 5.97 Å². The van der Waals surface area contributed by atoms with Crippen molar-refractivity contribution in [2.24, 2.45) is 5.92 Å². The van der Waals surface area contributed by atoms with Crippen LogP contribution in [0.1, 0.15) is 52.8 Å². The fourth-order valence-corrected chi connectivity index (χ4v) is 5.80. The zero-order valence-corrected chi connectivity index (χ0v) is 20.2. The largest absolute Gasteiger partial charge is 0.481 e. The van der Waals surface area contributed by atoms with Crippen molar-refractivity contribution in [2.45, 2.75) is 44.2 Å². The van der Waals surface area contributed by atoms with Gasteiger partial charge in [-0.25, -0.2) is 0 Å². The van der Waals surface area contributed by atoms with Gasteiger partial charge in [0.05, 0.1) is 0 Å². The summed E-state index contributed by atoms with van der Waals surface area (Å²) in [7, 11) is 0. The predicted octanol–water partition coefficient (Wildman–Crippen LogP) is 4.22. The first-order chi connectivity index (χ1) is 17.5. The lowest BCUT2D eigenvalue weighted by Crippen LogP contribution is -2.43. The Morgan fingerprint density at radius 2 is 1.36 bits per heavy atom. The van der Waals surface area contributed by atoms with Gasteiger partial charge in [0.15, 0.2) is 0 Å². The number of aliphatic carboxylic acids is 1. The number of nitrogens with one attached hydrogen (secondary N) is 2. The highest BCUT2D eigenvalue weighted by atomic mass is 16.4. The van der Waals surface area contributed by atoms with Gasteiger partial charge in [-0.15, -0.1) is 0 Å². The van der Waals surface area contributed by atoms with Crippen LogP contribution in [-0.4, -0.2) is 48.1 Å². The third-order valence-electron chi connectivity index (χ3n) is 7.43. The number of carbonyl (C=O) groups excluding carboxylic acids is 2. The van der Waals surface area contributed by atoms with E-state index in [0.717, 1.165) is 42.1 Å². The molecule has 3 aromatic rings. The Hall–Kier alpha value is -3.87. The zero-order valence-electron chi connectivity index (χ0n) is 20.2. The van der Waals surface area contributed by atoms with Crippen molar-refractivity contribution in [3.8, 4) is 0 Å². The monoisotopic (exact) mass is 485 g/mol. The summed E-state index contributed by atoms with van der Waals surface area (Å²) in [6, 6.07) is 21.9. The number of benzene rings is 3. The minimum Gasteiger partial charge on any atom is -0.481 e. The molecule has 0 spiro atoms. The molecule has 7 heteroatoms. The van der Waals surface area contributed by atoms with Crippen LogP contribution in [0.5, 0.6) is 0 Å². The maximum absolute atomic E-state index is 12.6. The lowest BCUT2D eigenvalue weighted by atomic mass is 9.88. The zero-order chi connectivity index (χ0) is 25.1. The Kier molecular flexibility index (Phi) is 6.89. The summed E-state index contributed by atoms with van der Waals surface area (Å²) in [6.07, 6.45) is 4.26. The Morgan fingerprint density at radius 3 is 2.00 bits per heavy atom. The molecule has 3 atom stereocenters. The van der Waals surface area contributed by atoms with Gasteiger partial charge in [-0.1, -0.05) is 30.3 Å². The summed E-state index contributed by atoms with van der Waals surface area (Å²) >= 11 is 0. The number of hydrogen-bond acceptors (Lipinski definition) is 4. The van der Waals surface area contributed by atoms with E-state index in [1.165, 1.54) is 0 Å². The maximum atomic E-state index is 12.6. The minimum absolute atomic E-state index is 0.166. The van der Waals surface area contributed by atoms with Gasteiger partial charge in [-0.05, 0) is 78.8 Å². The first-order valence-corrected chi connectivity index (χ1v) is 12.6. The summed E-state index contributed by atoms with van der Waals surface area (Å²) in [5.41, 5.74) is 2.26. The summed E-state index contributed by atoms with van der Waals surface area (Å²) in [5, 5.41) is 17.0. The van der Waals surface area contributed by atoms with Crippen LogP contribution in [-0.2, 0) is 4.79 Å². The molecule has 2 unspecified atom stereocenters. The Morgan fingerprint density at radius 1 is 0.778 bits per heavy atom. The van der Waals surface area contributed by atoms with Gasteiger partial charge in [-0.2, -0.15) is 0 Å². The van der Waals surface area contributed by atoms with Crippen LogP contribution in [0.4, 0.5) is 5.69 Å². The molecule has 0 aromatic heterocycles. The fourth-order valence-electron chi connectivity index (χ4n) is 5.80. The number of carbonyl (C=O) groups is 3. The van der Waals surface area contributed by atoms with Crippen molar-refractivity contribution in [3.63, 3.8) is 0 Å². The van der Waals surface area contributed by atoms with Crippen molar-refractivity contribution in [1.82, 2.24) is 10.6 Å². The number of nitrogens with zero attached hydrogens (tertiary/aromatic N) is 1. The molecule has 2 aliphatic rings. The fraction of sp³-hybridized carbons (Fsp3) is 0.345. The van der Waals surface area contributed by atoms with E-state index in [4.69, 9.17) is 5.11 Å². The molecule has 3 N–H and O–H groups in total. The molecule has 0 aliphatic carbocycles. The summed E-state index contributed by atoms with van der Waals surface area (Å²) in [6.45, 7) is 0.672. The molecule has 7 nitrogen and oxygen atoms in total. The summed E-state index contributed by atoms with van der Waals surface area (Å²) < 4.78 is 0. The number of anilines is 1. The van der Waals surface area contributed by atoms with Crippen LogP contribution in [0, 0.1) is 5.92 Å². The lowest BCUT2D eigenvalue weighted by Gasteiger charge is -2.40. The average Bonchev–Trinajstić information content (AvgIpc) is 3.15. The number of carboxylic acids is 1. The van der Waals surface area contributed by atoms with Crippen molar-refractivity contribution in [1.29, 1.82) is 0 Å². The van der Waals surface area contributed by atoms with E-state index in [1.807, 2.05) is 60.7 Å². The van der Waals surface area contributed by atoms with Gasteiger partial charge in [0.25, 0.3) is 11.8 Å². The molecule has 2 heterocycles. The maximum Gasteiger partial charge on any atom is 0.303 e. The molecule has 2 aliphatic heterocycles. The van der Waals surface area contributed by atoms with Crippen molar-refractivity contribution in [3.05, 3.63) is 77.9 Å². The number of piperidine rings is 1. The Balaban J connectivity index is 1.10. The molecule has 2 bridgehead atoms. The van der Waals surface area contributed by atoms with Crippen LogP contribution < -0.4 is 15.5 Å². The Labute approximate surface area is 210 Å². The molecule has 0 saturated carbocycles. The summed E-state index contributed by atoms with van der Waals surface area (Å²) in [4.78, 5) is 38.6. The lowest BCUT2D eigenvalue weighted by molar-refractivity contribution is -0.138. The molecular weight excluding hydrogens is 454 g/mol. The first-order valence-electron chi connectivity index (χ1n) is 12.6. The Bertz CT molecular complexity index is 1260. The highest BCUT2D eigenvalue weighted by Crippen LogP contribution is 2.42. The van der Waals surface area contributed by atoms with E-state index in [1.54, 1.807) is 6.07 Å². The average molecular weight is 486 g/mol. The number of fused-ring (bicyclic) bond motifs is 3. The molecule has 3 aromatic carbocycles. The third kappa shape index (κ3) is 5.20. The molecule has 186 valence electrons. The molecular formula is C29H31N3O4. The number of rotatable bonds is 8. The van der Waals surface area contributed by atoms with E-state index in [0.29, 0.717) is 36.3 Å². The van der Waals surface area contributed by atoms with Crippen molar-refractivity contribution < 1.29 is 19.5 Å². The molecule has 0 radical (unpaired) electrons. The number of amides is 2. The highest BCUT2D eigenvalue weighted by Gasteiger charge is 2.41. The van der Waals surface area contributed by atoms with Gasteiger partial charge in [0.2, 0.25) is 0 Å². The predicted molar refractivity (Wildman–Crippen MR) is 139 cm³/mol. The van der Waals surface area contributed by atoms with Gasteiger partial charge < -0.3 is 20.6 Å². The quantitative estimate of drug-likeness (QED) is 0.415. The highest BCUT2D eigenvalue weighted by molar-refractivity contribution is 5.98. The number of hydrogen-bond donors (Lipinski definition) is 3. The smallest absolute Gasteiger partial charge is 0.303 e. The van der Waals surface area contributed by atoms with Crippen LogP contribution in [0.25, 0.3) is 10.8 Å². The van der Waals surface area contributed by atoms with Crippen LogP contribution in [0.3, 0.4) is 0 Å². The molecule has 36 heavy (non-hydrogen) atoms. The van der Waals surface area contributed by atoms with Gasteiger partial charge >= 0.3 is 5.97 Å². The second-order valence-electron chi connectivity index (χ2n) is 9.85. The van der Waals surface area contributed by atoms with E-state index in [2.05, 4.69) is 15.5 Å². The molecule has 5 rings (SSSR count). The van der Waals surface area contributed by atoms with Crippen LogP contribution >= 0.6 is 0 Å². The van der Waals surface area contributed by atoms with E-state index >= 15 is 0 Å². The topological polar surface area (TPSA) is 98.7 Å². The standard InChI is InChI=1S/C29H31N3O4/c33-27(34)17-19-15-25-11-12-26(16-19)32(25)24-9-7-21(8-10-24)28(35)30-13-14-31-29(36)23-6-5-20-3-1-2-4-22(20)18-23/h1-10,18-19,25-26H,11-17H2,(H,30,35)(H,31,36)(H,33,34)/t19?,25-,26?/m1/s1. The van der Waals surface area contributed by atoms with E-state index in [9.17, 15) is 14.4 Å².